The van der Waals surface area contributed by atoms with Gasteiger partial charge in [-0.15, -0.1) is 0 Å². The SMILES string of the molecule is C[C@@H](Oc1ccc(Br)cc1)C(=O)Nc1ccc(N2CCCC2)cc1. The lowest BCUT2D eigenvalue weighted by Gasteiger charge is -2.18. The van der Waals surface area contributed by atoms with Gasteiger partial charge in [-0.25, -0.2) is 0 Å². The van der Waals surface area contributed by atoms with Gasteiger partial charge in [0.2, 0.25) is 0 Å². The van der Waals surface area contributed by atoms with Crippen molar-refractivity contribution in [3.63, 3.8) is 0 Å². The molecule has 0 radical (unpaired) electrons. The molecule has 126 valence electrons. The molecule has 1 atom stereocenters. The normalized spacial score (nSPS) is 15.2. The summed E-state index contributed by atoms with van der Waals surface area (Å²) in [5.74, 6) is 0.511. The first-order chi connectivity index (χ1) is 11.6. The summed E-state index contributed by atoms with van der Waals surface area (Å²) in [6.07, 6.45) is 1.94. The number of nitrogens with zero attached hydrogens (tertiary/aromatic N) is 1. The monoisotopic (exact) mass is 388 g/mol. The minimum atomic E-state index is -0.565. The molecule has 0 aromatic heterocycles. The molecule has 2 aromatic rings. The summed E-state index contributed by atoms with van der Waals surface area (Å²) in [5, 5.41) is 2.90. The summed E-state index contributed by atoms with van der Waals surface area (Å²) in [6.45, 7) is 3.98. The molecule has 5 heteroatoms. The van der Waals surface area contributed by atoms with Gasteiger partial charge in [-0.3, -0.25) is 4.79 Å². The Morgan fingerprint density at radius 2 is 1.71 bits per heavy atom. The average Bonchev–Trinajstić information content (AvgIpc) is 3.12. The zero-order valence-corrected chi connectivity index (χ0v) is 15.3. The molecule has 4 nitrogen and oxygen atoms in total. The van der Waals surface area contributed by atoms with Gasteiger partial charge in [-0.2, -0.15) is 0 Å². The van der Waals surface area contributed by atoms with Gasteiger partial charge in [-0.1, -0.05) is 15.9 Å². The highest BCUT2D eigenvalue weighted by molar-refractivity contribution is 9.10. The van der Waals surface area contributed by atoms with Crippen molar-refractivity contribution >= 4 is 33.2 Å². The van der Waals surface area contributed by atoms with E-state index in [4.69, 9.17) is 4.74 Å². The van der Waals surface area contributed by atoms with Crippen LogP contribution in [0.15, 0.2) is 53.0 Å². The van der Waals surface area contributed by atoms with Gasteiger partial charge >= 0.3 is 0 Å². The number of carbonyl (C=O) groups excluding carboxylic acids is 1. The van der Waals surface area contributed by atoms with Crippen molar-refractivity contribution in [3.05, 3.63) is 53.0 Å². The van der Waals surface area contributed by atoms with Crippen molar-refractivity contribution in [1.29, 1.82) is 0 Å². The predicted molar refractivity (Wildman–Crippen MR) is 101 cm³/mol. The second-order valence-electron chi connectivity index (χ2n) is 5.94. The number of benzene rings is 2. The Kier molecular flexibility index (Phi) is 5.41. The molecule has 1 N–H and O–H groups in total. The third kappa shape index (κ3) is 4.29. The van der Waals surface area contributed by atoms with Crippen LogP contribution in [-0.4, -0.2) is 25.1 Å². The van der Waals surface area contributed by atoms with Crippen molar-refractivity contribution in [2.75, 3.05) is 23.3 Å². The van der Waals surface area contributed by atoms with Crippen LogP contribution in [0.5, 0.6) is 5.75 Å². The summed E-state index contributed by atoms with van der Waals surface area (Å²) in [6, 6.07) is 15.4. The van der Waals surface area contributed by atoms with Gasteiger partial charge in [-0.05, 0) is 68.3 Å². The summed E-state index contributed by atoms with van der Waals surface area (Å²) in [5.41, 5.74) is 2.00. The number of amides is 1. The summed E-state index contributed by atoms with van der Waals surface area (Å²) in [4.78, 5) is 14.6. The van der Waals surface area contributed by atoms with Gasteiger partial charge in [0.1, 0.15) is 5.75 Å². The first-order valence-electron chi connectivity index (χ1n) is 8.20. The summed E-state index contributed by atoms with van der Waals surface area (Å²) in [7, 11) is 0. The molecule has 0 unspecified atom stereocenters. The smallest absolute Gasteiger partial charge is 0.265 e. The van der Waals surface area contributed by atoms with Gasteiger partial charge in [0.25, 0.3) is 5.91 Å². The van der Waals surface area contributed by atoms with Crippen LogP contribution in [-0.2, 0) is 4.79 Å². The molecule has 0 spiro atoms. The Hall–Kier alpha value is -2.01. The van der Waals surface area contributed by atoms with E-state index in [-0.39, 0.29) is 5.91 Å². The van der Waals surface area contributed by atoms with Crippen LogP contribution in [0.1, 0.15) is 19.8 Å². The lowest BCUT2D eigenvalue weighted by molar-refractivity contribution is -0.122. The van der Waals surface area contributed by atoms with E-state index < -0.39 is 6.10 Å². The van der Waals surface area contributed by atoms with E-state index in [0.717, 1.165) is 23.2 Å². The highest BCUT2D eigenvalue weighted by atomic mass is 79.9. The molecule has 0 bridgehead atoms. The van der Waals surface area contributed by atoms with E-state index in [1.54, 1.807) is 6.92 Å². The molecule has 3 rings (SSSR count). The number of hydrogen-bond donors (Lipinski definition) is 1. The number of carbonyl (C=O) groups is 1. The molecule has 2 aromatic carbocycles. The maximum absolute atomic E-state index is 12.3. The number of rotatable bonds is 5. The topological polar surface area (TPSA) is 41.6 Å². The molecular formula is C19H21BrN2O2. The molecule has 0 saturated carbocycles. The van der Waals surface area contributed by atoms with E-state index in [1.807, 2.05) is 36.4 Å². The minimum absolute atomic E-state index is 0.160. The van der Waals surface area contributed by atoms with E-state index in [2.05, 4.69) is 38.3 Å². The zero-order chi connectivity index (χ0) is 16.9. The third-order valence-electron chi connectivity index (χ3n) is 4.10. The van der Waals surface area contributed by atoms with Crippen LogP contribution in [0.3, 0.4) is 0 Å². The number of ether oxygens (including phenoxy) is 1. The fraction of sp³-hybridized carbons (Fsp3) is 0.316. The van der Waals surface area contributed by atoms with Crippen molar-refractivity contribution in [2.45, 2.75) is 25.9 Å². The van der Waals surface area contributed by atoms with Crippen LogP contribution < -0.4 is 15.0 Å². The average molecular weight is 389 g/mol. The van der Waals surface area contributed by atoms with Crippen molar-refractivity contribution < 1.29 is 9.53 Å². The fourth-order valence-corrected chi connectivity index (χ4v) is 3.01. The van der Waals surface area contributed by atoms with Crippen LogP contribution in [0, 0.1) is 0 Å². The predicted octanol–water partition coefficient (Wildman–Crippen LogP) is 4.46. The van der Waals surface area contributed by atoms with Crippen molar-refractivity contribution in [1.82, 2.24) is 0 Å². The van der Waals surface area contributed by atoms with E-state index >= 15 is 0 Å². The molecule has 1 aliphatic heterocycles. The second kappa shape index (κ2) is 7.71. The molecular weight excluding hydrogens is 368 g/mol. The molecule has 1 saturated heterocycles. The second-order valence-corrected chi connectivity index (χ2v) is 6.86. The van der Waals surface area contributed by atoms with Crippen molar-refractivity contribution in [3.8, 4) is 5.75 Å². The van der Waals surface area contributed by atoms with Crippen LogP contribution >= 0.6 is 15.9 Å². The summed E-state index contributed by atoms with van der Waals surface area (Å²) < 4.78 is 6.64. The van der Waals surface area contributed by atoms with Crippen LogP contribution in [0.2, 0.25) is 0 Å². The number of halogens is 1. The number of hydrogen-bond acceptors (Lipinski definition) is 3. The molecule has 1 fully saturated rings. The fourth-order valence-electron chi connectivity index (χ4n) is 2.75. The van der Waals surface area contributed by atoms with Crippen molar-refractivity contribution in [2.24, 2.45) is 0 Å². The first kappa shape index (κ1) is 16.8. The Morgan fingerprint density at radius 1 is 1.08 bits per heavy atom. The highest BCUT2D eigenvalue weighted by Crippen LogP contribution is 2.22. The Balaban J connectivity index is 1.56. The molecule has 1 aliphatic rings. The van der Waals surface area contributed by atoms with Gasteiger partial charge in [0.05, 0.1) is 0 Å². The maximum Gasteiger partial charge on any atom is 0.265 e. The Labute approximate surface area is 150 Å². The van der Waals surface area contributed by atoms with E-state index in [1.165, 1.54) is 18.5 Å². The quantitative estimate of drug-likeness (QED) is 0.821. The summed E-state index contributed by atoms with van der Waals surface area (Å²) >= 11 is 3.38. The van der Waals surface area contributed by atoms with Gasteiger partial charge in [0.15, 0.2) is 6.10 Å². The van der Waals surface area contributed by atoms with Crippen LogP contribution in [0.4, 0.5) is 11.4 Å². The van der Waals surface area contributed by atoms with Crippen LogP contribution in [0.25, 0.3) is 0 Å². The zero-order valence-electron chi connectivity index (χ0n) is 13.7. The lowest BCUT2D eigenvalue weighted by Crippen LogP contribution is -2.30. The number of anilines is 2. The third-order valence-corrected chi connectivity index (χ3v) is 4.63. The lowest BCUT2D eigenvalue weighted by atomic mass is 10.2. The first-order valence-corrected chi connectivity index (χ1v) is 8.99. The maximum atomic E-state index is 12.3. The number of nitrogens with one attached hydrogen (secondary N) is 1. The molecule has 24 heavy (non-hydrogen) atoms. The Bertz CT molecular complexity index is 680. The van der Waals surface area contributed by atoms with E-state index in [9.17, 15) is 4.79 Å². The molecule has 1 amide bonds. The van der Waals surface area contributed by atoms with E-state index in [0.29, 0.717) is 5.75 Å². The van der Waals surface area contributed by atoms with Gasteiger partial charge < -0.3 is 15.0 Å². The molecule has 0 aliphatic carbocycles. The standard InChI is InChI=1S/C19H21BrN2O2/c1-14(24-18-10-4-15(20)5-11-18)19(23)21-16-6-8-17(9-7-16)22-12-2-3-13-22/h4-11,14H,2-3,12-13H2,1H3,(H,21,23)/t14-/m1/s1. The Morgan fingerprint density at radius 3 is 2.33 bits per heavy atom. The largest absolute Gasteiger partial charge is 0.481 e. The minimum Gasteiger partial charge on any atom is -0.481 e. The molecule has 1 heterocycles. The van der Waals surface area contributed by atoms with Gasteiger partial charge in [0, 0.05) is 28.9 Å². The highest BCUT2D eigenvalue weighted by Gasteiger charge is 2.16.